The van der Waals surface area contributed by atoms with Gasteiger partial charge >= 0.3 is 0 Å². The lowest BCUT2D eigenvalue weighted by Crippen LogP contribution is -2.12. The number of halogens is 1. The van der Waals surface area contributed by atoms with Crippen LogP contribution in [0.4, 0.5) is 5.69 Å². The minimum absolute atomic E-state index is 0.184. The quantitative estimate of drug-likeness (QED) is 0.660. The average molecular weight is 359 g/mol. The van der Waals surface area contributed by atoms with Crippen LogP contribution in [0.1, 0.15) is 10.4 Å². The molecule has 0 aliphatic rings. The Kier molecular flexibility index (Phi) is 3.94. The molecule has 1 N–H and O–H groups in total. The molecule has 0 unspecified atom stereocenters. The highest BCUT2D eigenvalue weighted by molar-refractivity contribution is 9.10. The molecular formula is C16H11BrN2OS. The fourth-order valence-corrected chi connectivity index (χ4v) is 2.90. The number of fused-ring (bicyclic) bond motifs is 1. The second-order valence-electron chi connectivity index (χ2n) is 4.53. The van der Waals surface area contributed by atoms with Crippen LogP contribution in [0.2, 0.25) is 0 Å². The molecule has 0 saturated heterocycles. The number of hydrogen-bond acceptors (Lipinski definition) is 3. The van der Waals surface area contributed by atoms with Crippen LogP contribution in [0.25, 0.3) is 10.9 Å². The number of nitrogens with zero attached hydrogens (tertiary/aromatic N) is 1. The minimum Gasteiger partial charge on any atom is -0.322 e. The Bertz CT molecular complexity index is 835. The summed E-state index contributed by atoms with van der Waals surface area (Å²) >= 11 is 7.68. The molecule has 1 aromatic heterocycles. The maximum atomic E-state index is 12.3. The molecule has 5 heteroatoms. The molecule has 104 valence electrons. The summed E-state index contributed by atoms with van der Waals surface area (Å²) in [5, 5.41) is 3.86. The van der Waals surface area contributed by atoms with Gasteiger partial charge in [0.2, 0.25) is 0 Å². The Hall–Kier alpha value is -1.85. The molecule has 0 atom stereocenters. The number of rotatable bonds is 2. The average Bonchev–Trinajstić information content (AvgIpc) is 2.47. The molecule has 0 aliphatic heterocycles. The molecule has 0 radical (unpaired) electrons. The molecule has 1 heterocycles. The first kappa shape index (κ1) is 14.1. The van der Waals surface area contributed by atoms with Gasteiger partial charge in [-0.3, -0.25) is 9.78 Å². The van der Waals surface area contributed by atoms with E-state index in [0.717, 1.165) is 21.1 Å². The van der Waals surface area contributed by atoms with Crippen molar-refractivity contribution in [3.05, 3.63) is 64.8 Å². The first-order valence-corrected chi connectivity index (χ1v) is 7.52. The van der Waals surface area contributed by atoms with Gasteiger partial charge in [-0.2, -0.15) is 0 Å². The van der Waals surface area contributed by atoms with Crippen LogP contribution in [0.3, 0.4) is 0 Å². The van der Waals surface area contributed by atoms with Crippen LogP contribution >= 0.6 is 28.6 Å². The smallest absolute Gasteiger partial charge is 0.256 e. The standard InChI is InChI=1S/C16H11BrN2OS/c17-11-3-5-13(15(21)9-11)16(20)19-12-4-6-14-10(8-12)2-1-7-18-14/h1-9,21H,(H,19,20). The molecule has 21 heavy (non-hydrogen) atoms. The van der Waals surface area contributed by atoms with E-state index in [-0.39, 0.29) is 5.91 Å². The van der Waals surface area contributed by atoms with Crippen molar-refractivity contribution in [3.63, 3.8) is 0 Å². The van der Waals surface area contributed by atoms with Gasteiger partial charge in [0.25, 0.3) is 5.91 Å². The van der Waals surface area contributed by atoms with E-state index in [1.165, 1.54) is 0 Å². The highest BCUT2D eigenvalue weighted by Crippen LogP contribution is 2.22. The Balaban J connectivity index is 1.89. The van der Waals surface area contributed by atoms with Crippen LogP contribution in [0.5, 0.6) is 0 Å². The van der Waals surface area contributed by atoms with E-state index in [0.29, 0.717) is 10.5 Å². The first-order valence-electron chi connectivity index (χ1n) is 6.28. The highest BCUT2D eigenvalue weighted by atomic mass is 79.9. The van der Waals surface area contributed by atoms with Crippen LogP contribution in [0, 0.1) is 0 Å². The zero-order valence-corrected chi connectivity index (χ0v) is 13.4. The number of aromatic nitrogens is 1. The first-order chi connectivity index (χ1) is 10.1. The second-order valence-corrected chi connectivity index (χ2v) is 5.92. The van der Waals surface area contributed by atoms with Crippen LogP contribution in [-0.2, 0) is 0 Å². The number of thiol groups is 1. The van der Waals surface area contributed by atoms with Gasteiger partial charge in [-0.15, -0.1) is 12.6 Å². The van der Waals surface area contributed by atoms with Crippen molar-refractivity contribution in [2.24, 2.45) is 0 Å². The number of hydrogen-bond donors (Lipinski definition) is 2. The monoisotopic (exact) mass is 358 g/mol. The second kappa shape index (κ2) is 5.87. The Labute approximate surface area is 135 Å². The number of pyridine rings is 1. The molecule has 0 saturated carbocycles. The maximum absolute atomic E-state index is 12.3. The summed E-state index contributed by atoms with van der Waals surface area (Å²) in [5.41, 5.74) is 2.16. The van der Waals surface area contributed by atoms with E-state index >= 15 is 0 Å². The number of amides is 1. The number of anilines is 1. The Morgan fingerprint density at radius 2 is 2.00 bits per heavy atom. The van der Waals surface area contributed by atoms with Crippen molar-refractivity contribution < 1.29 is 4.79 Å². The van der Waals surface area contributed by atoms with Gasteiger partial charge < -0.3 is 5.32 Å². The molecular weight excluding hydrogens is 348 g/mol. The van der Waals surface area contributed by atoms with Crippen molar-refractivity contribution >= 4 is 51.1 Å². The van der Waals surface area contributed by atoms with Crippen LogP contribution in [-0.4, -0.2) is 10.9 Å². The van der Waals surface area contributed by atoms with Crippen molar-refractivity contribution in [1.29, 1.82) is 0 Å². The van der Waals surface area contributed by atoms with Crippen molar-refractivity contribution in [1.82, 2.24) is 4.98 Å². The largest absolute Gasteiger partial charge is 0.322 e. The van der Waals surface area contributed by atoms with Gasteiger partial charge in [-0.05, 0) is 42.5 Å². The lowest BCUT2D eigenvalue weighted by Gasteiger charge is -2.08. The van der Waals surface area contributed by atoms with E-state index in [9.17, 15) is 4.79 Å². The van der Waals surface area contributed by atoms with Crippen LogP contribution in [0.15, 0.2) is 64.1 Å². The fraction of sp³-hybridized carbons (Fsp3) is 0. The van der Waals surface area contributed by atoms with Gasteiger partial charge in [0.1, 0.15) is 0 Å². The topological polar surface area (TPSA) is 42.0 Å². The fourth-order valence-electron chi connectivity index (χ4n) is 2.05. The molecule has 1 amide bonds. The minimum atomic E-state index is -0.184. The third-order valence-corrected chi connectivity index (χ3v) is 3.93. The summed E-state index contributed by atoms with van der Waals surface area (Å²) in [6, 6.07) is 14.8. The van der Waals surface area contributed by atoms with Crippen molar-refractivity contribution in [2.45, 2.75) is 4.90 Å². The van der Waals surface area contributed by atoms with Gasteiger partial charge in [0.05, 0.1) is 11.1 Å². The lowest BCUT2D eigenvalue weighted by molar-refractivity contribution is 0.102. The van der Waals surface area contributed by atoms with Gasteiger partial charge in [-0.25, -0.2) is 0 Å². The van der Waals surface area contributed by atoms with Crippen molar-refractivity contribution in [3.8, 4) is 0 Å². The third-order valence-electron chi connectivity index (χ3n) is 3.07. The summed E-state index contributed by atoms with van der Waals surface area (Å²) in [6.07, 6.45) is 1.75. The molecule has 3 aromatic rings. The normalized spacial score (nSPS) is 10.6. The predicted molar refractivity (Wildman–Crippen MR) is 91.1 cm³/mol. The maximum Gasteiger partial charge on any atom is 0.256 e. The van der Waals surface area contributed by atoms with E-state index in [1.807, 2.05) is 36.4 Å². The number of carbonyl (C=O) groups is 1. The number of carbonyl (C=O) groups excluding carboxylic acids is 1. The van der Waals surface area contributed by atoms with Gasteiger partial charge in [0, 0.05) is 26.6 Å². The summed E-state index contributed by atoms with van der Waals surface area (Å²) in [5.74, 6) is -0.184. The molecule has 2 aromatic carbocycles. The van der Waals surface area contributed by atoms with E-state index < -0.39 is 0 Å². The molecule has 0 spiro atoms. The van der Waals surface area contributed by atoms with Crippen LogP contribution < -0.4 is 5.32 Å². The van der Waals surface area contributed by atoms with Crippen molar-refractivity contribution in [2.75, 3.05) is 5.32 Å². The lowest BCUT2D eigenvalue weighted by atomic mass is 10.1. The molecule has 3 nitrogen and oxygen atoms in total. The zero-order chi connectivity index (χ0) is 14.8. The summed E-state index contributed by atoms with van der Waals surface area (Å²) in [6.45, 7) is 0. The molecule has 0 bridgehead atoms. The number of nitrogens with one attached hydrogen (secondary N) is 1. The van der Waals surface area contributed by atoms with Gasteiger partial charge in [0.15, 0.2) is 0 Å². The summed E-state index contributed by atoms with van der Waals surface area (Å²) in [4.78, 5) is 17.2. The molecule has 0 aliphatic carbocycles. The van der Waals surface area contributed by atoms with E-state index in [4.69, 9.17) is 0 Å². The highest BCUT2D eigenvalue weighted by Gasteiger charge is 2.10. The Morgan fingerprint density at radius 3 is 2.81 bits per heavy atom. The predicted octanol–water partition coefficient (Wildman–Crippen LogP) is 4.54. The third kappa shape index (κ3) is 3.09. The molecule has 0 fully saturated rings. The van der Waals surface area contributed by atoms with Gasteiger partial charge in [-0.1, -0.05) is 22.0 Å². The van der Waals surface area contributed by atoms with E-state index in [1.54, 1.807) is 18.3 Å². The number of benzene rings is 2. The summed E-state index contributed by atoms with van der Waals surface area (Å²) in [7, 11) is 0. The SMILES string of the molecule is O=C(Nc1ccc2ncccc2c1)c1ccc(Br)cc1S. The zero-order valence-electron chi connectivity index (χ0n) is 10.9. The summed E-state index contributed by atoms with van der Waals surface area (Å²) < 4.78 is 0.890. The van der Waals surface area contributed by atoms with E-state index in [2.05, 4.69) is 38.9 Å². The Morgan fingerprint density at radius 1 is 1.14 bits per heavy atom. The molecule has 3 rings (SSSR count).